The van der Waals surface area contributed by atoms with Crippen molar-refractivity contribution in [2.45, 2.75) is 38.8 Å². The smallest absolute Gasteiger partial charge is 0.270 e. The van der Waals surface area contributed by atoms with Gasteiger partial charge in [-0.15, -0.1) is 0 Å². The quantitative estimate of drug-likeness (QED) is 0.614. The van der Waals surface area contributed by atoms with Crippen LogP contribution in [0.4, 0.5) is 5.69 Å². The highest BCUT2D eigenvalue weighted by atomic mass is 16.6. The average molecular weight is 383 g/mol. The molecular weight excluding hydrogens is 362 g/mol. The molecule has 2 aliphatic heterocycles. The van der Waals surface area contributed by atoms with Crippen LogP contribution >= 0.6 is 0 Å². The third kappa shape index (κ3) is 3.65. The highest BCUT2D eigenvalue weighted by Gasteiger charge is 2.24. The standard InChI is InChI=1S/C19H21N5O4/c25-17-5-4-13(24(27)28)9-12(17)10-23-8-6-15-14(11-23)19(26)22-18(21-15)16-3-1-2-7-20-16/h4-5,9,25H,1-3,6-8,10-11H2,(H,21,22,26). The number of hydrogen-bond acceptors (Lipinski definition) is 7. The number of nitro benzene ring substituents is 1. The summed E-state index contributed by atoms with van der Waals surface area (Å²) in [7, 11) is 0. The van der Waals surface area contributed by atoms with Gasteiger partial charge >= 0.3 is 0 Å². The van der Waals surface area contributed by atoms with Crippen LogP contribution in [-0.4, -0.2) is 43.7 Å². The van der Waals surface area contributed by atoms with E-state index in [9.17, 15) is 20.0 Å². The second kappa shape index (κ2) is 7.51. The largest absolute Gasteiger partial charge is 0.508 e. The summed E-state index contributed by atoms with van der Waals surface area (Å²) in [5, 5.41) is 21.0. The van der Waals surface area contributed by atoms with E-state index in [-0.39, 0.29) is 17.0 Å². The fourth-order valence-corrected chi connectivity index (χ4v) is 3.70. The van der Waals surface area contributed by atoms with Crippen LogP contribution in [0.15, 0.2) is 28.0 Å². The van der Waals surface area contributed by atoms with Gasteiger partial charge in [-0.05, 0) is 25.3 Å². The van der Waals surface area contributed by atoms with Crippen molar-refractivity contribution in [2.75, 3.05) is 13.1 Å². The van der Waals surface area contributed by atoms with E-state index in [2.05, 4.69) is 15.0 Å². The van der Waals surface area contributed by atoms with Gasteiger partial charge in [-0.25, -0.2) is 4.98 Å². The lowest BCUT2D eigenvalue weighted by molar-refractivity contribution is -0.385. The fourth-order valence-electron chi connectivity index (χ4n) is 3.70. The van der Waals surface area contributed by atoms with Gasteiger partial charge in [0.05, 0.1) is 21.9 Å². The van der Waals surface area contributed by atoms with E-state index in [1.165, 1.54) is 18.2 Å². The number of nitrogens with zero attached hydrogens (tertiary/aromatic N) is 4. The summed E-state index contributed by atoms with van der Waals surface area (Å²) in [6.45, 7) is 2.13. The fraction of sp³-hybridized carbons (Fsp3) is 0.421. The molecule has 0 saturated carbocycles. The summed E-state index contributed by atoms with van der Waals surface area (Å²) < 4.78 is 0. The Kier molecular flexibility index (Phi) is 4.91. The summed E-state index contributed by atoms with van der Waals surface area (Å²) >= 11 is 0. The molecule has 2 N–H and O–H groups in total. The van der Waals surface area contributed by atoms with Crippen molar-refractivity contribution in [2.24, 2.45) is 4.99 Å². The highest BCUT2D eigenvalue weighted by Crippen LogP contribution is 2.26. The number of aromatic hydroxyl groups is 1. The molecule has 2 aliphatic rings. The molecule has 9 heteroatoms. The Morgan fingerprint density at radius 1 is 1.29 bits per heavy atom. The maximum absolute atomic E-state index is 12.6. The molecule has 1 aromatic heterocycles. The third-order valence-electron chi connectivity index (χ3n) is 5.21. The molecule has 0 unspecified atom stereocenters. The Morgan fingerprint density at radius 2 is 2.14 bits per heavy atom. The van der Waals surface area contributed by atoms with E-state index < -0.39 is 4.92 Å². The van der Waals surface area contributed by atoms with Crippen LogP contribution in [0.2, 0.25) is 0 Å². The lowest BCUT2D eigenvalue weighted by Crippen LogP contribution is -2.36. The Balaban J connectivity index is 1.56. The summed E-state index contributed by atoms with van der Waals surface area (Å²) in [5.74, 6) is 0.585. The van der Waals surface area contributed by atoms with Crippen molar-refractivity contribution in [1.29, 1.82) is 0 Å². The summed E-state index contributed by atoms with van der Waals surface area (Å²) in [6.07, 6.45) is 3.56. The molecule has 0 spiro atoms. The number of nitrogens with one attached hydrogen (secondary N) is 1. The highest BCUT2D eigenvalue weighted by molar-refractivity contribution is 5.97. The molecule has 4 rings (SSSR count). The van der Waals surface area contributed by atoms with Gasteiger partial charge in [-0.2, -0.15) is 0 Å². The summed E-state index contributed by atoms with van der Waals surface area (Å²) in [6, 6.07) is 3.98. The molecule has 0 amide bonds. The van der Waals surface area contributed by atoms with Gasteiger partial charge in [0, 0.05) is 50.3 Å². The summed E-state index contributed by atoms with van der Waals surface area (Å²) in [5.41, 5.74) is 2.50. The SMILES string of the molecule is O=c1[nH]c(C2=NCCCC2)nc2c1CN(Cc1cc([N+](=O)[O-])ccc1O)CC2. The van der Waals surface area contributed by atoms with Crippen LogP contribution in [0, 0.1) is 10.1 Å². The van der Waals surface area contributed by atoms with E-state index in [0.29, 0.717) is 43.0 Å². The Bertz CT molecular complexity index is 1010. The number of nitro groups is 1. The van der Waals surface area contributed by atoms with Crippen molar-refractivity contribution >= 4 is 11.4 Å². The number of phenolic OH excluding ortho intramolecular Hbond substituents is 1. The van der Waals surface area contributed by atoms with Crippen molar-refractivity contribution < 1.29 is 10.0 Å². The number of non-ortho nitro benzene ring substituents is 1. The van der Waals surface area contributed by atoms with Crippen LogP contribution in [0.1, 0.15) is 41.9 Å². The number of fused-ring (bicyclic) bond motifs is 1. The van der Waals surface area contributed by atoms with E-state index in [4.69, 9.17) is 0 Å². The van der Waals surface area contributed by atoms with Gasteiger partial charge in [0.25, 0.3) is 11.2 Å². The zero-order chi connectivity index (χ0) is 19.7. The first-order chi connectivity index (χ1) is 13.5. The van der Waals surface area contributed by atoms with Crippen LogP contribution in [0.25, 0.3) is 0 Å². The molecule has 3 heterocycles. The lowest BCUT2D eigenvalue weighted by atomic mass is 10.0. The minimum Gasteiger partial charge on any atom is -0.508 e. The molecule has 0 bridgehead atoms. The number of hydrogen-bond donors (Lipinski definition) is 2. The topological polar surface area (TPSA) is 125 Å². The predicted octanol–water partition coefficient (Wildman–Crippen LogP) is 1.92. The van der Waals surface area contributed by atoms with Crippen LogP contribution in [-0.2, 0) is 19.5 Å². The lowest BCUT2D eigenvalue weighted by Gasteiger charge is -2.28. The number of benzene rings is 1. The molecule has 0 saturated heterocycles. The van der Waals surface area contributed by atoms with Gasteiger partial charge in [-0.3, -0.25) is 24.8 Å². The van der Waals surface area contributed by atoms with E-state index in [0.717, 1.165) is 37.2 Å². The number of phenols is 1. The van der Waals surface area contributed by atoms with Crippen molar-refractivity contribution in [1.82, 2.24) is 14.9 Å². The minimum absolute atomic E-state index is 0.00842. The van der Waals surface area contributed by atoms with Gasteiger partial charge < -0.3 is 10.1 Å². The first-order valence-electron chi connectivity index (χ1n) is 9.35. The number of aromatic amines is 1. The van der Waals surface area contributed by atoms with E-state index >= 15 is 0 Å². The molecule has 0 fully saturated rings. The first kappa shape index (κ1) is 18.3. The van der Waals surface area contributed by atoms with E-state index in [1.54, 1.807) is 0 Å². The summed E-state index contributed by atoms with van der Waals surface area (Å²) in [4.78, 5) is 37.1. The molecule has 146 valence electrons. The minimum atomic E-state index is -0.488. The van der Waals surface area contributed by atoms with Gasteiger partial charge in [0.15, 0.2) is 5.82 Å². The number of aromatic nitrogens is 2. The normalized spacial score (nSPS) is 17.1. The number of rotatable bonds is 4. The molecule has 0 atom stereocenters. The average Bonchev–Trinajstić information content (AvgIpc) is 2.70. The molecular formula is C19H21N5O4. The van der Waals surface area contributed by atoms with Crippen molar-refractivity contribution in [3.8, 4) is 5.75 Å². The molecule has 2 aromatic rings. The predicted molar refractivity (Wildman–Crippen MR) is 103 cm³/mol. The zero-order valence-corrected chi connectivity index (χ0v) is 15.3. The van der Waals surface area contributed by atoms with Gasteiger partial charge in [0.1, 0.15) is 5.75 Å². The van der Waals surface area contributed by atoms with Gasteiger partial charge in [0.2, 0.25) is 0 Å². The van der Waals surface area contributed by atoms with Crippen LogP contribution in [0.5, 0.6) is 5.75 Å². The third-order valence-corrected chi connectivity index (χ3v) is 5.21. The number of H-pyrrole nitrogens is 1. The number of aliphatic imine (C=N–C) groups is 1. The second-order valence-electron chi connectivity index (χ2n) is 7.16. The van der Waals surface area contributed by atoms with Gasteiger partial charge in [-0.1, -0.05) is 0 Å². The van der Waals surface area contributed by atoms with E-state index in [1.807, 2.05) is 4.90 Å². The first-order valence-corrected chi connectivity index (χ1v) is 9.35. The molecule has 0 aliphatic carbocycles. The Labute approximate surface area is 160 Å². The Morgan fingerprint density at radius 3 is 2.89 bits per heavy atom. The second-order valence-corrected chi connectivity index (χ2v) is 7.16. The maximum Gasteiger partial charge on any atom is 0.270 e. The maximum atomic E-state index is 12.6. The van der Waals surface area contributed by atoms with Crippen molar-refractivity contribution in [3.63, 3.8) is 0 Å². The molecule has 9 nitrogen and oxygen atoms in total. The monoisotopic (exact) mass is 383 g/mol. The zero-order valence-electron chi connectivity index (χ0n) is 15.3. The Hall–Kier alpha value is -3.07. The molecule has 0 radical (unpaired) electrons. The van der Waals surface area contributed by atoms with Crippen LogP contribution < -0.4 is 5.56 Å². The van der Waals surface area contributed by atoms with Crippen molar-refractivity contribution in [3.05, 3.63) is 61.3 Å². The van der Waals surface area contributed by atoms with Crippen LogP contribution in [0.3, 0.4) is 0 Å². The molecule has 28 heavy (non-hydrogen) atoms. The molecule has 1 aromatic carbocycles.